The van der Waals surface area contributed by atoms with Crippen molar-refractivity contribution in [2.75, 3.05) is 6.61 Å². The number of allylic oxidation sites excluding steroid dienone is 2. The molecule has 0 aromatic rings. The molecule has 0 aliphatic rings. The topological polar surface area (TPSA) is 89.8 Å². The predicted octanol–water partition coefficient (Wildman–Crippen LogP) is 16.7. The molecule has 0 spiro atoms. The SMILES string of the molecule is CCCCCCCCCCCCCC/C=C\CCCCCCCCCC(O)C(=O)NC(CO)C(O)CCCCCCCCCCCCCCCCCCCCCCCCC. The highest BCUT2D eigenvalue weighted by atomic mass is 16.3. The quantitative estimate of drug-likeness (QED) is 0.0363. The summed E-state index contributed by atoms with van der Waals surface area (Å²) in [4.78, 5) is 12.6. The van der Waals surface area contributed by atoms with E-state index in [0.29, 0.717) is 12.8 Å². The van der Waals surface area contributed by atoms with Crippen LogP contribution < -0.4 is 5.32 Å². The number of carbonyl (C=O) groups excluding carboxylic acids is 1. The highest BCUT2D eigenvalue weighted by molar-refractivity contribution is 5.80. The molecule has 0 aliphatic carbocycles. The van der Waals surface area contributed by atoms with E-state index in [9.17, 15) is 20.1 Å². The Labute approximate surface area is 376 Å². The lowest BCUT2D eigenvalue weighted by atomic mass is 10.0. The molecule has 358 valence electrons. The van der Waals surface area contributed by atoms with Gasteiger partial charge in [-0.2, -0.15) is 0 Å². The van der Waals surface area contributed by atoms with Gasteiger partial charge in [0.1, 0.15) is 6.10 Å². The number of aliphatic hydroxyl groups is 3. The lowest BCUT2D eigenvalue weighted by molar-refractivity contribution is -0.131. The van der Waals surface area contributed by atoms with Gasteiger partial charge in [-0.25, -0.2) is 0 Å². The van der Waals surface area contributed by atoms with E-state index in [1.165, 1.54) is 250 Å². The maximum absolute atomic E-state index is 12.6. The summed E-state index contributed by atoms with van der Waals surface area (Å²) >= 11 is 0. The highest BCUT2D eigenvalue weighted by Gasteiger charge is 2.23. The van der Waals surface area contributed by atoms with Crippen LogP contribution in [0, 0.1) is 0 Å². The van der Waals surface area contributed by atoms with E-state index in [4.69, 9.17) is 0 Å². The summed E-state index contributed by atoms with van der Waals surface area (Å²) in [5.41, 5.74) is 0. The van der Waals surface area contributed by atoms with Gasteiger partial charge in [0.15, 0.2) is 0 Å². The molecule has 0 saturated heterocycles. The van der Waals surface area contributed by atoms with Gasteiger partial charge in [-0.15, -0.1) is 0 Å². The first-order chi connectivity index (χ1) is 29.6. The van der Waals surface area contributed by atoms with Gasteiger partial charge < -0.3 is 20.6 Å². The predicted molar refractivity (Wildman–Crippen MR) is 264 cm³/mol. The Morgan fingerprint density at radius 3 is 0.917 bits per heavy atom. The fourth-order valence-electron chi connectivity index (χ4n) is 8.84. The number of hydrogen-bond donors (Lipinski definition) is 4. The fraction of sp³-hybridized carbons (Fsp3) is 0.945. The van der Waals surface area contributed by atoms with Gasteiger partial charge in [-0.1, -0.05) is 283 Å². The van der Waals surface area contributed by atoms with E-state index >= 15 is 0 Å². The second-order valence-corrected chi connectivity index (χ2v) is 19.1. The van der Waals surface area contributed by atoms with E-state index in [-0.39, 0.29) is 6.61 Å². The number of hydrogen-bond acceptors (Lipinski definition) is 4. The first kappa shape index (κ1) is 59.1. The molecule has 0 fully saturated rings. The second-order valence-electron chi connectivity index (χ2n) is 19.1. The van der Waals surface area contributed by atoms with Gasteiger partial charge in [0.25, 0.3) is 0 Å². The normalized spacial score (nSPS) is 13.3. The van der Waals surface area contributed by atoms with Crippen molar-refractivity contribution in [1.29, 1.82) is 0 Å². The highest BCUT2D eigenvalue weighted by Crippen LogP contribution is 2.18. The Bertz CT molecular complexity index is 848. The lowest BCUT2D eigenvalue weighted by Crippen LogP contribution is -2.49. The van der Waals surface area contributed by atoms with Gasteiger partial charge in [0, 0.05) is 0 Å². The van der Waals surface area contributed by atoms with Crippen LogP contribution in [0.25, 0.3) is 0 Å². The van der Waals surface area contributed by atoms with Gasteiger partial charge in [0.2, 0.25) is 5.91 Å². The second kappa shape index (κ2) is 50.7. The number of nitrogens with one attached hydrogen (secondary N) is 1. The number of aliphatic hydroxyl groups excluding tert-OH is 3. The van der Waals surface area contributed by atoms with E-state index in [1.807, 2.05) is 0 Å². The van der Waals surface area contributed by atoms with Crippen LogP contribution in [0.15, 0.2) is 12.2 Å². The smallest absolute Gasteiger partial charge is 0.249 e. The summed E-state index contributed by atoms with van der Waals surface area (Å²) in [5, 5.41) is 33.5. The van der Waals surface area contributed by atoms with Crippen LogP contribution in [0.2, 0.25) is 0 Å². The first-order valence-corrected chi connectivity index (χ1v) is 27.5. The van der Waals surface area contributed by atoms with Crippen molar-refractivity contribution in [2.24, 2.45) is 0 Å². The van der Waals surface area contributed by atoms with E-state index in [1.54, 1.807) is 0 Å². The third-order valence-electron chi connectivity index (χ3n) is 13.1. The van der Waals surface area contributed by atoms with Gasteiger partial charge in [0.05, 0.1) is 18.8 Å². The van der Waals surface area contributed by atoms with Crippen molar-refractivity contribution < 1.29 is 20.1 Å². The zero-order chi connectivity index (χ0) is 43.7. The maximum Gasteiger partial charge on any atom is 0.249 e. The summed E-state index contributed by atoms with van der Waals surface area (Å²) < 4.78 is 0. The minimum Gasteiger partial charge on any atom is -0.394 e. The monoisotopic (exact) mass is 848 g/mol. The third kappa shape index (κ3) is 45.1. The van der Waals surface area contributed by atoms with Crippen molar-refractivity contribution in [3.05, 3.63) is 12.2 Å². The average Bonchev–Trinajstić information content (AvgIpc) is 3.25. The Hall–Kier alpha value is -0.910. The van der Waals surface area contributed by atoms with Gasteiger partial charge >= 0.3 is 0 Å². The van der Waals surface area contributed by atoms with Crippen LogP contribution in [-0.2, 0) is 4.79 Å². The largest absolute Gasteiger partial charge is 0.394 e. The summed E-state index contributed by atoms with van der Waals surface area (Å²) in [6.45, 7) is 4.27. The molecule has 60 heavy (non-hydrogen) atoms. The number of carbonyl (C=O) groups is 1. The van der Waals surface area contributed by atoms with E-state index in [2.05, 4.69) is 31.3 Å². The molecule has 0 heterocycles. The minimum atomic E-state index is -1.08. The molecule has 1 amide bonds. The molecule has 3 atom stereocenters. The summed E-state index contributed by atoms with van der Waals surface area (Å²) in [5.74, 6) is -0.468. The zero-order valence-electron chi connectivity index (χ0n) is 40.9. The molecule has 0 saturated carbocycles. The van der Waals surface area contributed by atoms with Gasteiger partial charge in [-0.3, -0.25) is 4.79 Å². The average molecular weight is 848 g/mol. The molecule has 4 N–H and O–H groups in total. The Kier molecular flexibility index (Phi) is 50.0. The van der Waals surface area contributed by atoms with Crippen LogP contribution in [0.5, 0.6) is 0 Å². The Morgan fingerprint density at radius 1 is 0.383 bits per heavy atom. The van der Waals surface area contributed by atoms with Crippen molar-refractivity contribution in [3.63, 3.8) is 0 Å². The Balaban J connectivity index is 3.54. The standard InChI is InChI=1S/C55H109NO4/c1-3-5-7-9-11-13-15-17-19-21-23-25-27-29-31-33-35-37-39-41-43-45-47-49-53(58)52(51-57)56-55(60)54(59)50-48-46-44-42-40-38-36-34-32-30-28-26-24-22-20-18-16-14-12-10-8-6-4-2/h30,32,52-54,57-59H,3-29,31,33-51H2,1-2H3,(H,56,60)/b32-30-. The summed E-state index contributed by atoms with van der Waals surface area (Å²) in [6.07, 6.45) is 62.5. The van der Waals surface area contributed by atoms with Crippen molar-refractivity contribution in [2.45, 2.75) is 327 Å². The molecule has 0 radical (unpaired) electrons. The van der Waals surface area contributed by atoms with Crippen LogP contribution in [0.1, 0.15) is 309 Å². The zero-order valence-corrected chi connectivity index (χ0v) is 40.9. The summed E-state index contributed by atoms with van der Waals surface area (Å²) in [7, 11) is 0. The van der Waals surface area contributed by atoms with Crippen LogP contribution in [0.4, 0.5) is 0 Å². The molecule has 0 aliphatic heterocycles. The molecule has 5 heteroatoms. The van der Waals surface area contributed by atoms with Crippen molar-refractivity contribution in [1.82, 2.24) is 5.32 Å². The number of amides is 1. The third-order valence-corrected chi connectivity index (χ3v) is 13.1. The van der Waals surface area contributed by atoms with E-state index < -0.39 is 24.2 Å². The first-order valence-electron chi connectivity index (χ1n) is 27.5. The molecule has 0 aromatic heterocycles. The van der Waals surface area contributed by atoms with Crippen molar-refractivity contribution in [3.8, 4) is 0 Å². The van der Waals surface area contributed by atoms with Crippen LogP contribution in [-0.4, -0.2) is 46.1 Å². The molecule has 0 rings (SSSR count). The molecule has 3 unspecified atom stereocenters. The lowest BCUT2D eigenvalue weighted by Gasteiger charge is -2.23. The Morgan fingerprint density at radius 2 is 0.633 bits per heavy atom. The molecular weight excluding hydrogens is 739 g/mol. The number of rotatable bonds is 51. The minimum absolute atomic E-state index is 0.311. The van der Waals surface area contributed by atoms with Crippen LogP contribution >= 0.6 is 0 Å². The van der Waals surface area contributed by atoms with Crippen molar-refractivity contribution >= 4 is 5.91 Å². The summed E-state index contributed by atoms with van der Waals surface area (Å²) in [6, 6.07) is -0.712. The molecule has 0 bridgehead atoms. The molecule has 0 aromatic carbocycles. The number of unbranched alkanes of at least 4 members (excludes halogenated alkanes) is 41. The molecular formula is C55H109NO4. The molecule has 5 nitrogen and oxygen atoms in total. The van der Waals surface area contributed by atoms with Crippen LogP contribution in [0.3, 0.4) is 0 Å². The maximum atomic E-state index is 12.6. The van der Waals surface area contributed by atoms with Gasteiger partial charge in [-0.05, 0) is 38.5 Å². The van der Waals surface area contributed by atoms with E-state index in [0.717, 1.165) is 32.1 Å². The fourth-order valence-corrected chi connectivity index (χ4v) is 8.84.